The van der Waals surface area contributed by atoms with E-state index in [0.29, 0.717) is 22.6 Å². The molecule has 2 aromatic carbocycles. The van der Waals surface area contributed by atoms with Crippen LogP contribution in [0.1, 0.15) is 21.6 Å². The zero-order valence-corrected chi connectivity index (χ0v) is 16.3. The van der Waals surface area contributed by atoms with Crippen molar-refractivity contribution in [2.45, 2.75) is 0 Å². The van der Waals surface area contributed by atoms with Gasteiger partial charge in [-0.05, 0) is 48.0 Å². The third kappa shape index (κ3) is 5.87. The summed E-state index contributed by atoms with van der Waals surface area (Å²) in [6, 6.07) is 21.1. The van der Waals surface area contributed by atoms with Crippen molar-refractivity contribution >= 4 is 24.1 Å². The van der Waals surface area contributed by atoms with Crippen molar-refractivity contribution in [1.29, 1.82) is 0 Å². The lowest BCUT2D eigenvalue weighted by molar-refractivity contribution is -0.117. The normalized spacial score (nSPS) is 11.2. The average molecular weight is 400 g/mol. The molecule has 1 heterocycles. The number of hydrogen-bond acceptors (Lipinski definition) is 5. The number of carbonyl (C=O) groups excluding carboxylic acids is 2. The quantitative estimate of drug-likeness (QED) is 0.362. The average Bonchev–Trinajstić information content (AvgIpc) is 2.80. The van der Waals surface area contributed by atoms with Crippen molar-refractivity contribution < 1.29 is 14.3 Å². The summed E-state index contributed by atoms with van der Waals surface area (Å²) < 4.78 is 5.14. The van der Waals surface area contributed by atoms with Crippen LogP contribution in [0.25, 0.3) is 6.08 Å². The molecule has 0 bridgehead atoms. The summed E-state index contributed by atoms with van der Waals surface area (Å²) in [6.07, 6.45) is 4.60. The number of amides is 2. The van der Waals surface area contributed by atoms with Crippen LogP contribution >= 0.6 is 0 Å². The van der Waals surface area contributed by atoms with E-state index in [2.05, 4.69) is 20.8 Å². The smallest absolute Gasteiger partial charge is 0.287 e. The number of benzene rings is 2. The summed E-state index contributed by atoms with van der Waals surface area (Å²) in [7, 11) is 1.57. The molecule has 0 saturated carbocycles. The van der Waals surface area contributed by atoms with Crippen LogP contribution in [-0.2, 0) is 4.79 Å². The van der Waals surface area contributed by atoms with Gasteiger partial charge < -0.3 is 10.1 Å². The van der Waals surface area contributed by atoms with Crippen LogP contribution in [0.4, 0.5) is 0 Å². The van der Waals surface area contributed by atoms with E-state index in [9.17, 15) is 9.59 Å². The van der Waals surface area contributed by atoms with E-state index in [-0.39, 0.29) is 5.70 Å². The van der Waals surface area contributed by atoms with Crippen molar-refractivity contribution in [2.24, 2.45) is 5.10 Å². The first-order valence-electron chi connectivity index (χ1n) is 9.12. The van der Waals surface area contributed by atoms with Gasteiger partial charge in [0.15, 0.2) is 0 Å². The Morgan fingerprint density at radius 1 is 0.967 bits per heavy atom. The first-order valence-corrected chi connectivity index (χ1v) is 9.12. The lowest BCUT2D eigenvalue weighted by Gasteiger charge is -2.09. The maximum atomic E-state index is 12.7. The molecule has 0 spiro atoms. The first kappa shape index (κ1) is 20.5. The van der Waals surface area contributed by atoms with Gasteiger partial charge in [-0.2, -0.15) is 5.10 Å². The topological polar surface area (TPSA) is 92.7 Å². The number of nitrogens with zero attached hydrogens (tertiary/aromatic N) is 2. The fourth-order valence-electron chi connectivity index (χ4n) is 2.48. The van der Waals surface area contributed by atoms with E-state index >= 15 is 0 Å². The minimum Gasteiger partial charge on any atom is -0.497 e. The maximum Gasteiger partial charge on any atom is 0.287 e. The molecule has 0 fully saturated rings. The molecule has 0 unspecified atom stereocenters. The Hall–Kier alpha value is -4.26. The van der Waals surface area contributed by atoms with Gasteiger partial charge in [-0.25, -0.2) is 5.43 Å². The molecule has 30 heavy (non-hydrogen) atoms. The van der Waals surface area contributed by atoms with Gasteiger partial charge in [0.05, 0.1) is 19.0 Å². The van der Waals surface area contributed by atoms with Gasteiger partial charge >= 0.3 is 0 Å². The second-order valence-electron chi connectivity index (χ2n) is 6.11. The molecule has 0 aliphatic rings. The Kier molecular flexibility index (Phi) is 7.05. The second-order valence-corrected chi connectivity index (χ2v) is 6.11. The van der Waals surface area contributed by atoms with Gasteiger partial charge in [0.25, 0.3) is 11.8 Å². The van der Waals surface area contributed by atoms with Gasteiger partial charge in [-0.1, -0.05) is 36.4 Å². The van der Waals surface area contributed by atoms with E-state index in [1.165, 1.54) is 6.21 Å². The molecule has 7 nitrogen and oxygen atoms in total. The fourth-order valence-corrected chi connectivity index (χ4v) is 2.48. The molecule has 7 heteroatoms. The van der Waals surface area contributed by atoms with Gasteiger partial charge in [0.1, 0.15) is 11.4 Å². The van der Waals surface area contributed by atoms with Crippen LogP contribution in [-0.4, -0.2) is 30.1 Å². The Morgan fingerprint density at radius 2 is 1.70 bits per heavy atom. The van der Waals surface area contributed by atoms with Crippen LogP contribution < -0.4 is 15.5 Å². The molecular formula is C23H20N4O3. The number of pyridine rings is 1. The Labute approximate surface area is 174 Å². The number of nitrogens with one attached hydrogen (secondary N) is 2. The molecule has 150 valence electrons. The Bertz CT molecular complexity index is 1050. The van der Waals surface area contributed by atoms with Crippen LogP contribution in [0, 0.1) is 0 Å². The van der Waals surface area contributed by atoms with Crippen molar-refractivity contribution in [1.82, 2.24) is 15.7 Å². The number of methoxy groups -OCH3 is 1. The largest absolute Gasteiger partial charge is 0.497 e. The molecule has 2 amide bonds. The van der Waals surface area contributed by atoms with Crippen molar-refractivity contribution in [2.75, 3.05) is 7.11 Å². The molecule has 0 radical (unpaired) electrons. The molecule has 3 aromatic rings. The number of carbonyl (C=O) groups is 2. The van der Waals surface area contributed by atoms with Crippen LogP contribution in [0.5, 0.6) is 5.75 Å². The highest BCUT2D eigenvalue weighted by molar-refractivity contribution is 6.05. The summed E-state index contributed by atoms with van der Waals surface area (Å²) in [5, 5.41) is 6.56. The van der Waals surface area contributed by atoms with Crippen LogP contribution in [0.3, 0.4) is 0 Å². The lowest BCUT2D eigenvalue weighted by Crippen LogP contribution is -2.32. The predicted molar refractivity (Wildman–Crippen MR) is 115 cm³/mol. The standard InChI is InChI=1S/C23H20N4O3/c1-30-20-12-10-17(11-13-20)15-21(26-22(28)18-7-3-2-4-8-18)23(29)27-25-16-19-9-5-6-14-24-19/h2-16H,1H3,(H,26,28)(H,27,29)/b21-15-,25-16-. The highest BCUT2D eigenvalue weighted by Crippen LogP contribution is 2.14. The Morgan fingerprint density at radius 3 is 2.37 bits per heavy atom. The van der Waals surface area contributed by atoms with Crippen molar-refractivity contribution in [3.05, 3.63) is 102 Å². The van der Waals surface area contributed by atoms with Crippen molar-refractivity contribution in [3.63, 3.8) is 0 Å². The highest BCUT2D eigenvalue weighted by atomic mass is 16.5. The third-order valence-corrected chi connectivity index (χ3v) is 4.01. The molecule has 0 atom stereocenters. The van der Waals surface area contributed by atoms with Gasteiger partial charge in [-0.15, -0.1) is 0 Å². The zero-order chi connectivity index (χ0) is 21.2. The molecule has 3 rings (SSSR count). The van der Waals surface area contributed by atoms with Gasteiger partial charge in [-0.3, -0.25) is 14.6 Å². The highest BCUT2D eigenvalue weighted by Gasteiger charge is 2.14. The molecular weight excluding hydrogens is 380 g/mol. The Balaban J connectivity index is 1.80. The summed E-state index contributed by atoms with van der Waals surface area (Å²) in [4.78, 5) is 29.3. The summed E-state index contributed by atoms with van der Waals surface area (Å²) in [5.74, 6) is -0.284. The first-order chi connectivity index (χ1) is 14.7. The SMILES string of the molecule is COc1ccc(/C=C(\NC(=O)c2ccccc2)C(=O)N/N=C\c2ccccn2)cc1. The van der Waals surface area contributed by atoms with Gasteiger partial charge in [0.2, 0.25) is 0 Å². The third-order valence-electron chi connectivity index (χ3n) is 4.01. The number of rotatable bonds is 7. The van der Waals surface area contributed by atoms with E-state index < -0.39 is 11.8 Å². The predicted octanol–water partition coefficient (Wildman–Crippen LogP) is 3.01. The maximum absolute atomic E-state index is 12.7. The molecule has 0 aliphatic heterocycles. The van der Waals surface area contributed by atoms with E-state index in [1.54, 1.807) is 80.0 Å². The second kappa shape index (κ2) is 10.3. The van der Waals surface area contributed by atoms with Crippen LogP contribution in [0.2, 0.25) is 0 Å². The minimum atomic E-state index is -0.567. The summed E-state index contributed by atoms with van der Waals surface area (Å²) in [6.45, 7) is 0. The van der Waals surface area contributed by atoms with E-state index in [4.69, 9.17) is 4.74 Å². The molecule has 2 N–H and O–H groups in total. The number of aromatic nitrogens is 1. The monoisotopic (exact) mass is 400 g/mol. The van der Waals surface area contributed by atoms with E-state index in [1.807, 2.05) is 12.1 Å². The van der Waals surface area contributed by atoms with Gasteiger partial charge in [0, 0.05) is 11.8 Å². The summed E-state index contributed by atoms with van der Waals surface area (Å²) >= 11 is 0. The summed E-state index contributed by atoms with van der Waals surface area (Å²) in [5.41, 5.74) is 4.20. The minimum absolute atomic E-state index is 0.0483. The fraction of sp³-hybridized carbons (Fsp3) is 0.0435. The number of hydrazone groups is 1. The number of hydrogen-bond donors (Lipinski definition) is 2. The molecule has 0 saturated heterocycles. The molecule has 1 aromatic heterocycles. The zero-order valence-electron chi connectivity index (χ0n) is 16.3. The number of ether oxygens (including phenoxy) is 1. The van der Waals surface area contributed by atoms with Crippen LogP contribution in [0.15, 0.2) is 89.8 Å². The van der Waals surface area contributed by atoms with Crippen molar-refractivity contribution in [3.8, 4) is 5.75 Å². The molecule has 0 aliphatic carbocycles. The lowest BCUT2D eigenvalue weighted by atomic mass is 10.1. The van der Waals surface area contributed by atoms with E-state index in [0.717, 1.165) is 0 Å².